The van der Waals surface area contributed by atoms with Crippen molar-refractivity contribution in [1.82, 2.24) is 10.1 Å². The van der Waals surface area contributed by atoms with Gasteiger partial charge in [-0.2, -0.15) is 16.7 Å². The van der Waals surface area contributed by atoms with Gasteiger partial charge in [-0.1, -0.05) is 24.4 Å². The molecule has 1 N–H and O–H groups in total. The van der Waals surface area contributed by atoms with Crippen molar-refractivity contribution < 1.29 is 14.4 Å². The van der Waals surface area contributed by atoms with Gasteiger partial charge in [0.15, 0.2) is 5.82 Å². The Balaban J connectivity index is 1.71. The van der Waals surface area contributed by atoms with Crippen molar-refractivity contribution in [3.63, 3.8) is 0 Å². The Kier molecular flexibility index (Phi) is 4.78. The van der Waals surface area contributed by atoms with Crippen LogP contribution in [0.2, 0.25) is 0 Å². The fraction of sp³-hybridized carbons (Fsp3) is 0.786. The zero-order chi connectivity index (χ0) is 14.7. The molecule has 7 heteroatoms. The second-order valence-electron chi connectivity index (χ2n) is 5.80. The molecule has 21 heavy (non-hydrogen) atoms. The van der Waals surface area contributed by atoms with E-state index < -0.39 is 11.4 Å². The molecule has 2 heterocycles. The summed E-state index contributed by atoms with van der Waals surface area (Å²) in [4.78, 5) is 16.2. The molecule has 0 radical (unpaired) electrons. The summed E-state index contributed by atoms with van der Waals surface area (Å²) in [6.07, 6.45) is 4.88. The quantitative estimate of drug-likeness (QED) is 0.909. The van der Waals surface area contributed by atoms with Crippen molar-refractivity contribution in [3.05, 3.63) is 11.7 Å². The average Bonchev–Trinajstić information content (AvgIpc) is 2.97. The molecule has 1 saturated heterocycles. The van der Waals surface area contributed by atoms with Gasteiger partial charge in [-0.25, -0.2) is 0 Å². The Hall–Kier alpha value is -0.690. The van der Waals surface area contributed by atoms with Crippen LogP contribution < -0.4 is 0 Å². The first-order valence-corrected chi connectivity index (χ1v) is 9.65. The van der Waals surface area contributed by atoms with Gasteiger partial charge in [-0.05, 0) is 12.8 Å². The fourth-order valence-electron chi connectivity index (χ4n) is 3.09. The Morgan fingerprint density at radius 2 is 2.14 bits per heavy atom. The molecular formula is C14H20N2O3S2. The molecule has 0 spiro atoms. The lowest BCUT2D eigenvalue weighted by Gasteiger charge is -2.31. The highest BCUT2D eigenvalue weighted by Crippen LogP contribution is 2.40. The number of rotatable bonds is 4. The molecule has 1 saturated carbocycles. The van der Waals surface area contributed by atoms with Crippen LogP contribution in [0.3, 0.4) is 0 Å². The topological polar surface area (TPSA) is 76.2 Å². The van der Waals surface area contributed by atoms with E-state index in [1.54, 1.807) is 0 Å². The maximum Gasteiger partial charge on any atom is 0.310 e. The number of carboxylic acids is 1. The van der Waals surface area contributed by atoms with Crippen molar-refractivity contribution in [2.45, 2.75) is 43.8 Å². The number of carboxylic acid groups (broad SMARTS) is 1. The maximum atomic E-state index is 11.7. The summed E-state index contributed by atoms with van der Waals surface area (Å²) in [5, 5.41) is 14.0. The number of nitrogens with zero attached hydrogens (tertiary/aromatic N) is 2. The minimum atomic E-state index is -0.718. The minimum Gasteiger partial charge on any atom is -0.481 e. The van der Waals surface area contributed by atoms with Crippen LogP contribution in [0.15, 0.2) is 4.52 Å². The normalized spacial score (nSPS) is 25.6. The van der Waals surface area contributed by atoms with E-state index in [1.165, 1.54) is 5.75 Å². The van der Waals surface area contributed by atoms with Gasteiger partial charge in [-0.15, -0.1) is 11.8 Å². The van der Waals surface area contributed by atoms with Crippen LogP contribution >= 0.6 is 23.5 Å². The molecule has 0 bridgehead atoms. The number of aromatic nitrogens is 2. The molecule has 0 aromatic carbocycles. The summed E-state index contributed by atoms with van der Waals surface area (Å²) in [5.74, 6) is 3.80. The van der Waals surface area contributed by atoms with Crippen LogP contribution in [0.1, 0.15) is 49.1 Å². The third-order valence-electron chi connectivity index (χ3n) is 4.34. The first-order valence-electron chi connectivity index (χ1n) is 7.45. The molecule has 116 valence electrons. The minimum absolute atomic E-state index is 0.286. The van der Waals surface area contributed by atoms with Crippen LogP contribution in [-0.2, 0) is 11.2 Å². The first-order chi connectivity index (χ1) is 10.2. The number of hydrogen-bond acceptors (Lipinski definition) is 6. The van der Waals surface area contributed by atoms with Crippen molar-refractivity contribution >= 4 is 29.5 Å². The third-order valence-corrected chi connectivity index (χ3v) is 7.09. The molecule has 5 nitrogen and oxygen atoms in total. The van der Waals surface area contributed by atoms with Gasteiger partial charge in [0.2, 0.25) is 5.89 Å². The van der Waals surface area contributed by atoms with Gasteiger partial charge in [0.05, 0.1) is 10.7 Å². The number of thioether (sulfide) groups is 2. The van der Waals surface area contributed by atoms with Crippen molar-refractivity contribution in [1.29, 1.82) is 0 Å². The second-order valence-corrected chi connectivity index (χ2v) is 8.26. The lowest BCUT2D eigenvalue weighted by atomic mass is 9.72. The van der Waals surface area contributed by atoms with Gasteiger partial charge < -0.3 is 9.63 Å². The predicted molar refractivity (Wildman–Crippen MR) is 83.7 cm³/mol. The van der Waals surface area contributed by atoms with Gasteiger partial charge in [0.25, 0.3) is 0 Å². The lowest BCUT2D eigenvalue weighted by molar-refractivity contribution is -0.151. The van der Waals surface area contributed by atoms with E-state index in [0.717, 1.165) is 36.6 Å². The molecule has 1 aliphatic heterocycles. The summed E-state index contributed by atoms with van der Waals surface area (Å²) in [6, 6.07) is 0. The zero-order valence-electron chi connectivity index (χ0n) is 11.9. The molecule has 0 amide bonds. The van der Waals surface area contributed by atoms with E-state index in [2.05, 4.69) is 10.1 Å². The highest BCUT2D eigenvalue weighted by atomic mass is 32.2. The molecule has 1 atom stereocenters. The van der Waals surface area contributed by atoms with E-state index in [0.29, 0.717) is 25.2 Å². The van der Waals surface area contributed by atoms with Gasteiger partial charge in [0, 0.05) is 23.7 Å². The Bertz CT molecular complexity index is 494. The summed E-state index contributed by atoms with van der Waals surface area (Å²) >= 11 is 3.77. The van der Waals surface area contributed by atoms with Gasteiger partial charge >= 0.3 is 5.97 Å². The van der Waals surface area contributed by atoms with Crippen molar-refractivity contribution in [2.75, 3.05) is 17.3 Å². The van der Waals surface area contributed by atoms with Crippen LogP contribution in [0.25, 0.3) is 0 Å². The standard InChI is InChI=1S/C14H20N2O3S2/c17-13(18)14(4-2-1-3-5-14)8-11-15-12(16-19-11)10-9-20-6-7-21-10/h10H,1-9H2,(H,17,18). The average molecular weight is 328 g/mol. The SMILES string of the molecule is O=C(O)C1(Cc2nc(C3CSCCS3)no2)CCCCC1. The molecule has 2 fully saturated rings. The summed E-state index contributed by atoms with van der Waals surface area (Å²) in [6.45, 7) is 0. The van der Waals surface area contributed by atoms with E-state index in [9.17, 15) is 9.90 Å². The first kappa shape index (κ1) is 15.2. The Morgan fingerprint density at radius 3 is 2.81 bits per heavy atom. The molecule has 1 unspecified atom stereocenters. The fourth-order valence-corrected chi connectivity index (χ4v) is 5.68. The van der Waals surface area contributed by atoms with Crippen LogP contribution in [-0.4, -0.2) is 38.5 Å². The summed E-state index contributed by atoms with van der Waals surface area (Å²) in [7, 11) is 0. The molecule has 1 aromatic heterocycles. The second kappa shape index (κ2) is 6.60. The Morgan fingerprint density at radius 1 is 1.33 bits per heavy atom. The molecule has 1 aliphatic carbocycles. The lowest BCUT2D eigenvalue weighted by Crippen LogP contribution is -2.35. The van der Waals surface area contributed by atoms with E-state index in [-0.39, 0.29) is 5.25 Å². The summed E-state index contributed by atoms with van der Waals surface area (Å²) < 4.78 is 5.35. The van der Waals surface area contributed by atoms with Crippen LogP contribution in [0.4, 0.5) is 0 Å². The van der Waals surface area contributed by atoms with Crippen LogP contribution in [0.5, 0.6) is 0 Å². The predicted octanol–water partition coefficient (Wildman–Crippen LogP) is 3.17. The number of aliphatic carboxylic acids is 1. The Labute approximate surface area is 132 Å². The van der Waals surface area contributed by atoms with Crippen molar-refractivity contribution in [3.8, 4) is 0 Å². The van der Waals surface area contributed by atoms with Gasteiger partial charge in [0.1, 0.15) is 0 Å². The van der Waals surface area contributed by atoms with E-state index >= 15 is 0 Å². The van der Waals surface area contributed by atoms with E-state index in [4.69, 9.17) is 4.52 Å². The molecular weight excluding hydrogens is 308 g/mol. The monoisotopic (exact) mass is 328 g/mol. The molecule has 2 aliphatic rings. The van der Waals surface area contributed by atoms with Gasteiger partial charge in [-0.3, -0.25) is 4.79 Å². The third kappa shape index (κ3) is 3.39. The maximum absolute atomic E-state index is 11.7. The molecule has 1 aromatic rings. The largest absolute Gasteiger partial charge is 0.481 e. The molecule has 3 rings (SSSR count). The van der Waals surface area contributed by atoms with E-state index in [1.807, 2.05) is 23.5 Å². The number of hydrogen-bond donors (Lipinski definition) is 1. The van der Waals surface area contributed by atoms with Crippen LogP contribution in [0, 0.1) is 5.41 Å². The zero-order valence-corrected chi connectivity index (χ0v) is 13.5. The number of carbonyl (C=O) groups is 1. The smallest absolute Gasteiger partial charge is 0.310 e. The van der Waals surface area contributed by atoms with Crippen molar-refractivity contribution in [2.24, 2.45) is 5.41 Å². The highest BCUT2D eigenvalue weighted by Gasteiger charge is 2.41. The summed E-state index contributed by atoms with van der Waals surface area (Å²) in [5.41, 5.74) is -0.698. The highest BCUT2D eigenvalue weighted by molar-refractivity contribution is 8.06.